The maximum Gasteiger partial charge on any atom is 0.337 e. The summed E-state index contributed by atoms with van der Waals surface area (Å²) in [7, 11) is 0. The third-order valence-electron chi connectivity index (χ3n) is 3.10. The van der Waals surface area contributed by atoms with E-state index in [4.69, 9.17) is 5.11 Å². The predicted octanol–water partition coefficient (Wildman–Crippen LogP) is 2.05. The number of carbonyl (C=O) groups excluding carboxylic acids is 1. The Balaban J connectivity index is 2.05. The van der Waals surface area contributed by atoms with Gasteiger partial charge in [0.05, 0.1) is 11.3 Å². The molecule has 7 heteroatoms. The van der Waals surface area contributed by atoms with E-state index in [1.807, 2.05) is 0 Å². The molecule has 1 aromatic carbocycles. The molecule has 20 heavy (non-hydrogen) atoms. The van der Waals surface area contributed by atoms with Crippen molar-refractivity contribution in [1.29, 1.82) is 0 Å². The lowest BCUT2D eigenvalue weighted by molar-refractivity contribution is 0.0697. The van der Waals surface area contributed by atoms with E-state index in [1.165, 1.54) is 12.1 Å². The van der Waals surface area contributed by atoms with Crippen molar-refractivity contribution in [2.24, 2.45) is 0 Å². The number of rotatable bonds is 3. The number of carbonyl (C=O) groups is 2. The fourth-order valence-corrected chi connectivity index (χ4v) is 2.12. The van der Waals surface area contributed by atoms with E-state index in [1.54, 1.807) is 5.01 Å². The van der Waals surface area contributed by atoms with Gasteiger partial charge >= 0.3 is 12.0 Å². The van der Waals surface area contributed by atoms with E-state index in [-0.39, 0.29) is 11.3 Å². The van der Waals surface area contributed by atoms with Crippen LogP contribution in [0.3, 0.4) is 0 Å². The maximum absolute atomic E-state index is 13.6. The first kappa shape index (κ1) is 14.3. The normalized spacial score (nSPS) is 15.7. The molecule has 0 bridgehead atoms. The number of anilines is 1. The molecule has 0 radical (unpaired) electrons. The number of carboxylic acids is 1. The zero-order valence-electron chi connectivity index (χ0n) is 10.9. The predicted molar refractivity (Wildman–Crippen MR) is 70.9 cm³/mol. The average Bonchev–Trinajstić information content (AvgIpc) is 2.42. The first-order valence-electron chi connectivity index (χ1n) is 6.42. The number of nitrogens with zero attached hydrogens (tertiary/aromatic N) is 1. The number of piperidine rings is 1. The zero-order valence-corrected chi connectivity index (χ0v) is 10.9. The molecule has 0 saturated carbocycles. The van der Waals surface area contributed by atoms with Gasteiger partial charge in [0.2, 0.25) is 0 Å². The number of carboxylic acid groups (broad SMARTS) is 1. The molecule has 1 fully saturated rings. The zero-order chi connectivity index (χ0) is 14.5. The third-order valence-corrected chi connectivity index (χ3v) is 3.10. The summed E-state index contributed by atoms with van der Waals surface area (Å²) in [4.78, 5) is 22.8. The Labute approximate surface area is 115 Å². The molecule has 1 aliphatic rings. The van der Waals surface area contributed by atoms with Gasteiger partial charge < -0.3 is 10.4 Å². The van der Waals surface area contributed by atoms with Crippen molar-refractivity contribution in [3.05, 3.63) is 29.6 Å². The summed E-state index contributed by atoms with van der Waals surface area (Å²) in [5, 5.41) is 13.0. The molecule has 108 valence electrons. The molecular formula is C13H16FN3O3. The van der Waals surface area contributed by atoms with Crippen LogP contribution in [0, 0.1) is 5.82 Å². The molecule has 0 unspecified atom stereocenters. The summed E-state index contributed by atoms with van der Waals surface area (Å²) in [5.74, 6) is -2.07. The summed E-state index contributed by atoms with van der Waals surface area (Å²) in [6, 6.07) is 2.98. The monoisotopic (exact) mass is 281 g/mol. The van der Waals surface area contributed by atoms with Crippen LogP contribution in [-0.2, 0) is 0 Å². The highest BCUT2D eigenvalue weighted by molar-refractivity contribution is 6.00. The quantitative estimate of drug-likeness (QED) is 0.792. The molecule has 0 aromatic heterocycles. The summed E-state index contributed by atoms with van der Waals surface area (Å²) >= 11 is 0. The number of para-hydroxylation sites is 1. The highest BCUT2D eigenvalue weighted by Gasteiger charge is 2.18. The van der Waals surface area contributed by atoms with Gasteiger partial charge in [0.1, 0.15) is 5.82 Å². The second-order valence-corrected chi connectivity index (χ2v) is 4.58. The van der Waals surface area contributed by atoms with Gasteiger partial charge in [-0.05, 0) is 25.0 Å². The lowest BCUT2D eigenvalue weighted by atomic mass is 10.1. The molecular weight excluding hydrogens is 265 g/mol. The Morgan fingerprint density at radius 3 is 2.55 bits per heavy atom. The summed E-state index contributed by atoms with van der Waals surface area (Å²) < 4.78 is 13.6. The van der Waals surface area contributed by atoms with Crippen LogP contribution in [-0.4, -0.2) is 35.2 Å². The molecule has 2 amide bonds. The molecule has 1 saturated heterocycles. The molecule has 0 spiro atoms. The minimum atomic E-state index is -1.29. The standard InChI is InChI=1S/C13H16FN3O3/c14-10-6-4-5-9(12(18)19)11(10)15-13(20)16-17-7-2-1-3-8-17/h4-6H,1-3,7-8H2,(H,18,19)(H2,15,16,20). The number of hydrogen-bond acceptors (Lipinski definition) is 3. The van der Waals surface area contributed by atoms with Crippen LogP contribution in [0.1, 0.15) is 29.6 Å². The molecule has 0 aliphatic carbocycles. The van der Waals surface area contributed by atoms with Gasteiger partial charge in [-0.25, -0.2) is 19.0 Å². The Kier molecular flexibility index (Phi) is 4.52. The van der Waals surface area contributed by atoms with Crippen molar-refractivity contribution in [3.63, 3.8) is 0 Å². The minimum absolute atomic E-state index is 0.279. The van der Waals surface area contributed by atoms with Gasteiger partial charge in [0.15, 0.2) is 0 Å². The minimum Gasteiger partial charge on any atom is -0.478 e. The first-order chi connectivity index (χ1) is 9.58. The van der Waals surface area contributed by atoms with Crippen molar-refractivity contribution in [2.75, 3.05) is 18.4 Å². The number of benzene rings is 1. The largest absolute Gasteiger partial charge is 0.478 e. The smallest absolute Gasteiger partial charge is 0.337 e. The lowest BCUT2D eigenvalue weighted by Crippen LogP contribution is -2.47. The highest BCUT2D eigenvalue weighted by Crippen LogP contribution is 2.19. The second-order valence-electron chi connectivity index (χ2n) is 4.58. The van der Waals surface area contributed by atoms with E-state index in [9.17, 15) is 14.0 Å². The van der Waals surface area contributed by atoms with Crippen molar-refractivity contribution in [1.82, 2.24) is 10.4 Å². The van der Waals surface area contributed by atoms with Crippen LogP contribution in [0.15, 0.2) is 18.2 Å². The summed E-state index contributed by atoms with van der Waals surface area (Å²) in [5.41, 5.74) is 1.98. The number of halogens is 1. The van der Waals surface area contributed by atoms with Crippen LogP contribution in [0.4, 0.5) is 14.9 Å². The molecule has 1 aliphatic heterocycles. The molecule has 0 atom stereocenters. The van der Waals surface area contributed by atoms with Crippen molar-refractivity contribution < 1.29 is 19.1 Å². The SMILES string of the molecule is O=C(Nc1c(F)cccc1C(=O)O)NN1CCCCC1. The molecule has 1 aromatic rings. The van der Waals surface area contributed by atoms with Gasteiger partial charge in [-0.3, -0.25) is 5.43 Å². The van der Waals surface area contributed by atoms with Gasteiger partial charge in [0.25, 0.3) is 0 Å². The van der Waals surface area contributed by atoms with E-state index in [0.29, 0.717) is 0 Å². The first-order valence-corrected chi connectivity index (χ1v) is 6.42. The van der Waals surface area contributed by atoms with Gasteiger partial charge in [-0.1, -0.05) is 12.5 Å². The van der Waals surface area contributed by atoms with Crippen LogP contribution in [0.5, 0.6) is 0 Å². The van der Waals surface area contributed by atoms with E-state index in [0.717, 1.165) is 38.4 Å². The third kappa shape index (κ3) is 3.45. The summed E-state index contributed by atoms with van der Waals surface area (Å²) in [6.45, 7) is 1.47. The number of aromatic carboxylic acids is 1. The van der Waals surface area contributed by atoms with Gasteiger partial charge in [-0.2, -0.15) is 0 Å². The van der Waals surface area contributed by atoms with E-state index < -0.39 is 17.8 Å². The van der Waals surface area contributed by atoms with Crippen LogP contribution >= 0.6 is 0 Å². The number of hydrazine groups is 1. The molecule has 3 N–H and O–H groups in total. The average molecular weight is 281 g/mol. The molecule has 1 heterocycles. The number of hydrogen-bond donors (Lipinski definition) is 3. The topological polar surface area (TPSA) is 81.7 Å². The Bertz CT molecular complexity index is 516. The van der Waals surface area contributed by atoms with E-state index >= 15 is 0 Å². The number of amides is 2. The molecule has 6 nitrogen and oxygen atoms in total. The van der Waals surface area contributed by atoms with Gasteiger partial charge in [-0.15, -0.1) is 0 Å². The Hall–Kier alpha value is -2.15. The number of urea groups is 1. The van der Waals surface area contributed by atoms with Crippen molar-refractivity contribution in [2.45, 2.75) is 19.3 Å². The van der Waals surface area contributed by atoms with Crippen LogP contribution in [0.25, 0.3) is 0 Å². The van der Waals surface area contributed by atoms with Gasteiger partial charge in [0, 0.05) is 13.1 Å². The van der Waals surface area contributed by atoms with Crippen LogP contribution in [0.2, 0.25) is 0 Å². The van der Waals surface area contributed by atoms with Crippen molar-refractivity contribution in [3.8, 4) is 0 Å². The summed E-state index contributed by atoms with van der Waals surface area (Å²) in [6.07, 6.45) is 3.09. The fraction of sp³-hybridized carbons (Fsp3) is 0.385. The van der Waals surface area contributed by atoms with Crippen LogP contribution < -0.4 is 10.7 Å². The Morgan fingerprint density at radius 1 is 1.20 bits per heavy atom. The Morgan fingerprint density at radius 2 is 1.90 bits per heavy atom. The fourth-order valence-electron chi connectivity index (χ4n) is 2.12. The van der Waals surface area contributed by atoms with E-state index in [2.05, 4.69) is 10.7 Å². The number of nitrogens with one attached hydrogen (secondary N) is 2. The maximum atomic E-state index is 13.6. The highest BCUT2D eigenvalue weighted by atomic mass is 19.1. The lowest BCUT2D eigenvalue weighted by Gasteiger charge is -2.26. The van der Waals surface area contributed by atoms with Crippen molar-refractivity contribution >= 4 is 17.7 Å². The second kappa shape index (κ2) is 6.33. The molecule has 2 rings (SSSR count).